The number of hydrogen-bond acceptors (Lipinski definition) is 5. The van der Waals surface area contributed by atoms with E-state index in [2.05, 4.69) is 46.8 Å². The molecule has 1 heterocycles. The molecule has 5 nitrogen and oxygen atoms in total. The number of nitrogens with zero attached hydrogens (tertiary/aromatic N) is 2. The zero-order chi connectivity index (χ0) is 22.8. The molecule has 0 amide bonds. The third kappa shape index (κ3) is 6.54. The van der Waals surface area contributed by atoms with Crippen molar-refractivity contribution in [2.24, 2.45) is 10.9 Å². The number of aliphatic imine (C=N–C) groups is 1. The van der Waals surface area contributed by atoms with Crippen LogP contribution in [0.3, 0.4) is 0 Å². The Morgan fingerprint density at radius 3 is 2.53 bits per heavy atom. The lowest BCUT2D eigenvalue weighted by molar-refractivity contribution is -0.120. The summed E-state index contributed by atoms with van der Waals surface area (Å²) in [5.41, 5.74) is 3.05. The number of carbonyl (C=O) groups excluding carboxylic acids is 1. The Morgan fingerprint density at radius 1 is 1.09 bits per heavy atom. The first kappa shape index (κ1) is 23.7. The Kier molecular flexibility index (Phi) is 9.05. The largest absolute Gasteiger partial charge is 0.493 e. The van der Waals surface area contributed by atoms with Gasteiger partial charge in [0, 0.05) is 25.2 Å². The molecule has 32 heavy (non-hydrogen) atoms. The van der Waals surface area contributed by atoms with Crippen molar-refractivity contribution >= 4 is 17.7 Å². The Morgan fingerprint density at radius 2 is 1.81 bits per heavy atom. The van der Waals surface area contributed by atoms with Gasteiger partial charge in [-0.25, -0.2) is 0 Å². The maximum Gasteiger partial charge on any atom is 0.162 e. The molecule has 0 saturated carbocycles. The van der Waals surface area contributed by atoms with Crippen LogP contribution in [0.5, 0.6) is 11.5 Å². The number of benzene rings is 2. The predicted molar refractivity (Wildman–Crippen MR) is 131 cm³/mol. The first-order chi connectivity index (χ1) is 15.6. The van der Waals surface area contributed by atoms with E-state index in [9.17, 15) is 4.79 Å². The molecule has 3 rings (SSSR count). The van der Waals surface area contributed by atoms with Crippen molar-refractivity contribution in [2.45, 2.75) is 32.1 Å². The molecule has 0 aliphatic carbocycles. The summed E-state index contributed by atoms with van der Waals surface area (Å²) < 4.78 is 10.8. The van der Waals surface area contributed by atoms with Crippen molar-refractivity contribution in [1.82, 2.24) is 4.90 Å². The van der Waals surface area contributed by atoms with E-state index < -0.39 is 0 Å². The lowest BCUT2D eigenvalue weighted by atomic mass is 9.95. The summed E-state index contributed by atoms with van der Waals surface area (Å²) in [4.78, 5) is 19.9. The summed E-state index contributed by atoms with van der Waals surface area (Å²) in [6.07, 6.45) is 8.08. The van der Waals surface area contributed by atoms with Gasteiger partial charge >= 0.3 is 0 Å². The van der Waals surface area contributed by atoms with Gasteiger partial charge in [-0.2, -0.15) is 0 Å². The molecular formula is C27H34N2O3. The third-order valence-electron chi connectivity index (χ3n) is 5.92. The van der Waals surface area contributed by atoms with Gasteiger partial charge in [-0.1, -0.05) is 36.4 Å². The first-order valence-electron chi connectivity index (χ1n) is 11.3. The van der Waals surface area contributed by atoms with Crippen LogP contribution in [0.4, 0.5) is 5.69 Å². The highest BCUT2D eigenvalue weighted by atomic mass is 16.5. The van der Waals surface area contributed by atoms with Crippen LogP contribution in [-0.4, -0.2) is 50.8 Å². The number of rotatable bonds is 12. The summed E-state index contributed by atoms with van der Waals surface area (Å²) in [7, 11) is 3.21. The van der Waals surface area contributed by atoms with Gasteiger partial charge in [-0.05, 0) is 56.0 Å². The van der Waals surface area contributed by atoms with Gasteiger partial charge < -0.3 is 9.47 Å². The van der Waals surface area contributed by atoms with Crippen LogP contribution in [0.15, 0.2) is 60.1 Å². The molecule has 0 saturated heterocycles. The van der Waals surface area contributed by atoms with Crippen LogP contribution in [0.1, 0.15) is 30.4 Å². The smallest absolute Gasteiger partial charge is 0.162 e. The van der Waals surface area contributed by atoms with Gasteiger partial charge in [0.15, 0.2) is 11.5 Å². The molecule has 0 N–H and O–H groups in total. The van der Waals surface area contributed by atoms with Gasteiger partial charge in [-0.3, -0.25) is 14.7 Å². The third-order valence-corrected chi connectivity index (χ3v) is 5.92. The second kappa shape index (κ2) is 12.2. The summed E-state index contributed by atoms with van der Waals surface area (Å²) in [6, 6.07) is 14.3. The van der Waals surface area contributed by atoms with Crippen molar-refractivity contribution in [3.8, 4) is 11.5 Å². The fraction of sp³-hybridized carbons (Fsp3) is 0.407. The Hall–Kier alpha value is -2.92. The minimum atomic E-state index is -0.158. The number of hydrogen-bond donors (Lipinski definition) is 0. The Bertz CT molecular complexity index is 924. The molecule has 0 radical (unpaired) electrons. The molecule has 2 aromatic rings. The lowest BCUT2D eigenvalue weighted by Crippen LogP contribution is -2.27. The average Bonchev–Trinajstić information content (AvgIpc) is 2.96. The van der Waals surface area contributed by atoms with E-state index in [0.29, 0.717) is 17.9 Å². The highest BCUT2D eigenvalue weighted by Crippen LogP contribution is 2.36. The summed E-state index contributed by atoms with van der Waals surface area (Å²) in [6.45, 7) is 6.75. The summed E-state index contributed by atoms with van der Waals surface area (Å²) >= 11 is 0. The van der Waals surface area contributed by atoms with E-state index in [4.69, 9.17) is 9.47 Å². The van der Waals surface area contributed by atoms with Gasteiger partial charge in [-0.15, -0.1) is 6.58 Å². The van der Waals surface area contributed by atoms with Crippen molar-refractivity contribution in [3.63, 3.8) is 0 Å². The number of ketones is 1. The maximum atomic E-state index is 12.9. The zero-order valence-corrected chi connectivity index (χ0v) is 19.3. The normalized spacial score (nSPS) is 15.3. The zero-order valence-electron chi connectivity index (χ0n) is 19.3. The highest BCUT2D eigenvalue weighted by Gasteiger charge is 2.23. The van der Waals surface area contributed by atoms with Crippen LogP contribution in [0, 0.1) is 5.92 Å². The molecule has 1 unspecified atom stereocenters. The van der Waals surface area contributed by atoms with E-state index in [-0.39, 0.29) is 11.7 Å². The molecule has 2 aromatic carbocycles. The minimum absolute atomic E-state index is 0.158. The molecule has 5 heteroatoms. The van der Waals surface area contributed by atoms with Crippen molar-refractivity contribution < 1.29 is 14.3 Å². The number of carbonyl (C=O) groups is 1. The fourth-order valence-electron chi connectivity index (χ4n) is 4.14. The number of methoxy groups -OCH3 is 2. The minimum Gasteiger partial charge on any atom is -0.493 e. The van der Waals surface area contributed by atoms with Crippen LogP contribution in [0.2, 0.25) is 0 Å². The SMILES string of the molecule is C=CCN(CCCc1ccccc1)CCCC1C=Nc2cc(OC)c(OC)cc2CC1=O. The molecule has 1 aliphatic rings. The average molecular weight is 435 g/mol. The molecular weight excluding hydrogens is 400 g/mol. The fourth-order valence-corrected chi connectivity index (χ4v) is 4.14. The van der Waals surface area contributed by atoms with Crippen LogP contribution in [-0.2, 0) is 17.6 Å². The van der Waals surface area contributed by atoms with E-state index in [1.54, 1.807) is 14.2 Å². The predicted octanol–water partition coefficient (Wildman–Crippen LogP) is 5.05. The first-order valence-corrected chi connectivity index (χ1v) is 11.3. The number of fused-ring (bicyclic) bond motifs is 1. The number of Topliss-reactive ketones (excluding diaryl/α,β-unsaturated/α-hetero) is 1. The molecule has 0 spiro atoms. The Labute approximate surface area is 191 Å². The Balaban J connectivity index is 1.52. The molecule has 1 atom stereocenters. The van der Waals surface area contributed by atoms with E-state index >= 15 is 0 Å². The molecule has 0 bridgehead atoms. The highest BCUT2D eigenvalue weighted by molar-refractivity contribution is 5.99. The van der Waals surface area contributed by atoms with Crippen molar-refractivity contribution in [2.75, 3.05) is 33.9 Å². The topological polar surface area (TPSA) is 51.1 Å². The van der Waals surface area contributed by atoms with E-state index in [1.807, 2.05) is 24.4 Å². The van der Waals surface area contributed by atoms with Gasteiger partial charge in [0.05, 0.1) is 25.8 Å². The van der Waals surface area contributed by atoms with Gasteiger partial charge in [0.25, 0.3) is 0 Å². The van der Waals surface area contributed by atoms with Crippen molar-refractivity contribution in [1.29, 1.82) is 0 Å². The quantitative estimate of drug-likeness (QED) is 0.439. The summed E-state index contributed by atoms with van der Waals surface area (Å²) in [5, 5.41) is 0. The second-order valence-electron chi connectivity index (χ2n) is 8.18. The van der Waals surface area contributed by atoms with Crippen molar-refractivity contribution in [3.05, 3.63) is 66.2 Å². The van der Waals surface area contributed by atoms with E-state index in [0.717, 1.165) is 56.6 Å². The molecule has 1 aliphatic heterocycles. The van der Waals surface area contributed by atoms with Crippen LogP contribution < -0.4 is 9.47 Å². The van der Waals surface area contributed by atoms with Crippen LogP contribution >= 0.6 is 0 Å². The lowest BCUT2D eigenvalue weighted by Gasteiger charge is -2.21. The van der Waals surface area contributed by atoms with E-state index in [1.165, 1.54) is 5.56 Å². The second-order valence-corrected chi connectivity index (χ2v) is 8.18. The van der Waals surface area contributed by atoms with Crippen LogP contribution in [0.25, 0.3) is 0 Å². The maximum absolute atomic E-state index is 12.9. The van der Waals surface area contributed by atoms with Gasteiger partial charge in [0.2, 0.25) is 0 Å². The molecule has 170 valence electrons. The standard InChI is InChI=1S/C27H34N2O3/c1-4-14-29(15-8-12-21-10-6-5-7-11-21)16-9-13-22-20-28-24-19-27(32-3)26(31-2)18-23(24)17-25(22)30/h4-7,10-11,18-20,22H,1,8-9,12-17H2,2-3H3. The molecule has 0 aromatic heterocycles. The monoisotopic (exact) mass is 434 g/mol. The molecule has 0 fully saturated rings. The van der Waals surface area contributed by atoms with Gasteiger partial charge in [0.1, 0.15) is 5.78 Å². The summed E-state index contributed by atoms with van der Waals surface area (Å²) in [5.74, 6) is 1.31. The number of ether oxygens (including phenoxy) is 2. The number of aryl methyl sites for hydroxylation is 1.